The zero-order valence-corrected chi connectivity index (χ0v) is 8.75. The molecular formula is C11H17NO2. The molecule has 1 N–H and O–H groups in total. The lowest BCUT2D eigenvalue weighted by molar-refractivity contribution is -0.117. The molecule has 1 aliphatic carbocycles. The van der Waals surface area contributed by atoms with Crippen LogP contribution in [0.4, 0.5) is 0 Å². The first-order chi connectivity index (χ1) is 6.72. The third-order valence-electron chi connectivity index (χ3n) is 2.27. The number of ether oxygens (including phenoxy) is 1. The van der Waals surface area contributed by atoms with E-state index in [9.17, 15) is 4.79 Å². The van der Waals surface area contributed by atoms with Crippen LogP contribution in [0.15, 0.2) is 24.0 Å². The standard InChI is InChI=1S/C11H17NO2/c1-9(14-2)8-11(13)12-10-6-4-3-5-7-10/h3-4,8,10H,5-7H2,1-2H3,(H,12,13)/b9-8-. The minimum absolute atomic E-state index is 0.0651. The summed E-state index contributed by atoms with van der Waals surface area (Å²) in [5.74, 6) is 0.568. The Hall–Kier alpha value is -1.25. The van der Waals surface area contributed by atoms with E-state index in [-0.39, 0.29) is 11.9 Å². The second-order valence-corrected chi connectivity index (χ2v) is 3.45. The Labute approximate surface area is 84.8 Å². The van der Waals surface area contributed by atoms with Crippen LogP contribution in [0, 0.1) is 0 Å². The predicted octanol–water partition coefficient (Wildman–Crippen LogP) is 1.76. The van der Waals surface area contributed by atoms with Crippen LogP contribution in [0.25, 0.3) is 0 Å². The van der Waals surface area contributed by atoms with Crippen molar-refractivity contribution < 1.29 is 9.53 Å². The van der Waals surface area contributed by atoms with Crippen molar-refractivity contribution in [2.75, 3.05) is 7.11 Å². The topological polar surface area (TPSA) is 38.3 Å². The van der Waals surface area contributed by atoms with Gasteiger partial charge in [0.05, 0.1) is 12.9 Å². The summed E-state index contributed by atoms with van der Waals surface area (Å²) in [5, 5.41) is 2.94. The molecule has 1 unspecified atom stereocenters. The van der Waals surface area contributed by atoms with Crippen LogP contribution in [0.3, 0.4) is 0 Å². The van der Waals surface area contributed by atoms with E-state index in [1.807, 2.05) is 0 Å². The molecule has 78 valence electrons. The van der Waals surface area contributed by atoms with Crippen molar-refractivity contribution in [1.82, 2.24) is 5.32 Å². The fourth-order valence-corrected chi connectivity index (χ4v) is 1.41. The number of methoxy groups -OCH3 is 1. The highest BCUT2D eigenvalue weighted by molar-refractivity contribution is 5.88. The van der Waals surface area contributed by atoms with Crippen LogP contribution < -0.4 is 5.32 Å². The summed E-state index contributed by atoms with van der Waals surface area (Å²) in [6, 6.07) is 0.286. The lowest BCUT2D eigenvalue weighted by atomic mass is 10.0. The summed E-state index contributed by atoms with van der Waals surface area (Å²) in [4.78, 5) is 11.4. The van der Waals surface area contributed by atoms with Crippen LogP contribution in [0.1, 0.15) is 26.2 Å². The maximum atomic E-state index is 11.4. The van der Waals surface area contributed by atoms with E-state index in [0.29, 0.717) is 5.76 Å². The van der Waals surface area contributed by atoms with E-state index in [2.05, 4.69) is 17.5 Å². The number of nitrogens with one attached hydrogen (secondary N) is 1. The van der Waals surface area contributed by atoms with Gasteiger partial charge in [0.2, 0.25) is 5.91 Å². The average Bonchev–Trinajstić information content (AvgIpc) is 2.19. The van der Waals surface area contributed by atoms with Crippen molar-refractivity contribution in [2.24, 2.45) is 0 Å². The smallest absolute Gasteiger partial charge is 0.247 e. The Bertz CT molecular complexity index is 256. The van der Waals surface area contributed by atoms with Gasteiger partial charge in [0.1, 0.15) is 0 Å². The monoisotopic (exact) mass is 195 g/mol. The first kappa shape index (κ1) is 10.8. The van der Waals surface area contributed by atoms with Gasteiger partial charge in [0.15, 0.2) is 0 Å². The fraction of sp³-hybridized carbons (Fsp3) is 0.545. The number of allylic oxidation sites excluding steroid dienone is 2. The van der Waals surface area contributed by atoms with Gasteiger partial charge in [-0.15, -0.1) is 0 Å². The van der Waals surface area contributed by atoms with Crippen molar-refractivity contribution in [3.05, 3.63) is 24.0 Å². The summed E-state index contributed by atoms with van der Waals surface area (Å²) >= 11 is 0. The Morgan fingerprint density at radius 1 is 1.57 bits per heavy atom. The normalized spacial score (nSPS) is 21.9. The molecule has 1 amide bonds. The maximum Gasteiger partial charge on any atom is 0.247 e. The van der Waals surface area contributed by atoms with Gasteiger partial charge < -0.3 is 10.1 Å². The maximum absolute atomic E-state index is 11.4. The molecule has 0 saturated carbocycles. The van der Waals surface area contributed by atoms with Gasteiger partial charge in [-0.1, -0.05) is 12.2 Å². The molecule has 3 heteroatoms. The molecule has 3 nitrogen and oxygen atoms in total. The highest BCUT2D eigenvalue weighted by atomic mass is 16.5. The Morgan fingerprint density at radius 3 is 2.93 bits per heavy atom. The van der Waals surface area contributed by atoms with E-state index in [1.165, 1.54) is 6.08 Å². The number of carbonyl (C=O) groups excluding carboxylic acids is 1. The molecule has 0 bridgehead atoms. The molecule has 0 heterocycles. The molecule has 0 aliphatic heterocycles. The van der Waals surface area contributed by atoms with Gasteiger partial charge in [0, 0.05) is 12.1 Å². The average molecular weight is 195 g/mol. The van der Waals surface area contributed by atoms with E-state index in [0.717, 1.165) is 19.3 Å². The van der Waals surface area contributed by atoms with Crippen molar-refractivity contribution in [2.45, 2.75) is 32.2 Å². The molecule has 14 heavy (non-hydrogen) atoms. The Morgan fingerprint density at radius 2 is 2.36 bits per heavy atom. The molecule has 0 spiro atoms. The molecule has 1 atom stereocenters. The van der Waals surface area contributed by atoms with Crippen LogP contribution in [-0.4, -0.2) is 19.1 Å². The van der Waals surface area contributed by atoms with Crippen LogP contribution in [0.2, 0.25) is 0 Å². The van der Waals surface area contributed by atoms with E-state index >= 15 is 0 Å². The third kappa shape index (κ3) is 3.64. The first-order valence-electron chi connectivity index (χ1n) is 4.90. The second-order valence-electron chi connectivity index (χ2n) is 3.45. The zero-order valence-electron chi connectivity index (χ0n) is 8.75. The summed E-state index contributed by atoms with van der Waals surface area (Å²) in [5.41, 5.74) is 0. The number of rotatable bonds is 3. The minimum Gasteiger partial charge on any atom is -0.501 e. The lowest BCUT2D eigenvalue weighted by Gasteiger charge is -2.18. The third-order valence-corrected chi connectivity index (χ3v) is 2.27. The van der Waals surface area contributed by atoms with Crippen LogP contribution >= 0.6 is 0 Å². The molecular weight excluding hydrogens is 178 g/mol. The molecule has 0 aromatic rings. The summed E-state index contributed by atoms with van der Waals surface area (Å²) in [6.07, 6.45) is 8.77. The fourth-order valence-electron chi connectivity index (χ4n) is 1.41. The minimum atomic E-state index is -0.0651. The summed E-state index contributed by atoms with van der Waals surface area (Å²) in [7, 11) is 1.56. The first-order valence-corrected chi connectivity index (χ1v) is 4.90. The van der Waals surface area contributed by atoms with Gasteiger partial charge >= 0.3 is 0 Å². The lowest BCUT2D eigenvalue weighted by Crippen LogP contribution is -2.34. The van der Waals surface area contributed by atoms with E-state index in [4.69, 9.17) is 4.74 Å². The molecule has 1 aliphatic rings. The number of hydrogen-bond acceptors (Lipinski definition) is 2. The highest BCUT2D eigenvalue weighted by Crippen LogP contribution is 2.10. The largest absolute Gasteiger partial charge is 0.501 e. The highest BCUT2D eigenvalue weighted by Gasteiger charge is 2.11. The van der Waals surface area contributed by atoms with Crippen molar-refractivity contribution in [3.63, 3.8) is 0 Å². The van der Waals surface area contributed by atoms with E-state index < -0.39 is 0 Å². The summed E-state index contributed by atoms with van der Waals surface area (Å²) < 4.78 is 4.90. The zero-order chi connectivity index (χ0) is 10.4. The molecule has 0 aromatic carbocycles. The van der Waals surface area contributed by atoms with Gasteiger partial charge in [-0.05, 0) is 26.2 Å². The number of hydrogen-bond donors (Lipinski definition) is 1. The van der Waals surface area contributed by atoms with Gasteiger partial charge in [-0.2, -0.15) is 0 Å². The van der Waals surface area contributed by atoms with E-state index in [1.54, 1.807) is 14.0 Å². The van der Waals surface area contributed by atoms with Gasteiger partial charge in [-0.3, -0.25) is 4.79 Å². The molecule has 0 radical (unpaired) electrons. The van der Waals surface area contributed by atoms with Crippen LogP contribution in [0.5, 0.6) is 0 Å². The predicted molar refractivity (Wildman–Crippen MR) is 55.7 cm³/mol. The molecule has 0 aromatic heterocycles. The quantitative estimate of drug-likeness (QED) is 0.423. The number of carbonyl (C=O) groups is 1. The van der Waals surface area contributed by atoms with Gasteiger partial charge in [0.25, 0.3) is 0 Å². The SMILES string of the molecule is CO/C(C)=C\C(=O)NC1CC=CCC1. The van der Waals surface area contributed by atoms with Gasteiger partial charge in [-0.25, -0.2) is 0 Å². The van der Waals surface area contributed by atoms with Crippen LogP contribution in [-0.2, 0) is 9.53 Å². The Balaban J connectivity index is 2.36. The summed E-state index contributed by atoms with van der Waals surface area (Å²) in [6.45, 7) is 1.76. The molecule has 0 fully saturated rings. The number of amides is 1. The van der Waals surface area contributed by atoms with Crippen molar-refractivity contribution in [1.29, 1.82) is 0 Å². The van der Waals surface area contributed by atoms with Crippen molar-refractivity contribution in [3.8, 4) is 0 Å². The van der Waals surface area contributed by atoms with Crippen molar-refractivity contribution >= 4 is 5.91 Å². The Kier molecular flexibility index (Phi) is 4.23. The molecule has 1 rings (SSSR count). The second kappa shape index (κ2) is 5.47. The molecule has 0 saturated heterocycles.